The van der Waals surface area contributed by atoms with Gasteiger partial charge in [-0.1, -0.05) is 13.3 Å². The Labute approximate surface area is 141 Å². The minimum Gasteiger partial charge on any atom is -0.497 e. The third-order valence-electron chi connectivity index (χ3n) is 3.18. The zero-order chi connectivity index (χ0) is 17.4. The average molecular weight is 326 g/mol. The van der Waals surface area contributed by atoms with Gasteiger partial charge in [0.1, 0.15) is 5.75 Å². The Kier molecular flexibility index (Phi) is 6.24. The predicted octanol–water partition coefficient (Wildman–Crippen LogP) is 3.38. The van der Waals surface area contributed by atoms with Gasteiger partial charge in [-0.2, -0.15) is 4.98 Å². The van der Waals surface area contributed by atoms with Crippen LogP contribution in [0.4, 0.5) is 23.1 Å². The van der Waals surface area contributed by atoms with Crippen molar-refractivity contribution in [2.75, 3.05) is 25.2 Å². The summed E-state index contributed by atoms with van der Waals surface area (Å²) in [5.41, 5.74) is 8.09. The molecule has 2 rings (SSSR count). The topological polar surface area (TPSA) is 97.8 Å². The predicted molar refractivity (Wildman–Crippen MR) is 99.1 cm³/mol. The minimum absolute atomic E-state index is 0.351. The van der Waals surface area contributed by atoms with E-state index < -0.39 is 0 Å². The molecule has 0 aliphatic carbocycles. The molecule has 2 aromatic rings. The molecule has 0 radical (unpaired) electrons. The van der Waals surface area contributed by atoms with Crippen LogP contribution in [0.5, 0.6) is 5.75 Å². The maximum absolute atomic E-state index is 5.95. The summed E-state index contributed by atoms with van der Waals surface area (Å²) < 4.78 is 5.14. The van der Waals surface area contributed by atoms with Crippen LogP contribution in [0.15, 0.2) is 40.4 Å². The smallest absolute Gasteiger partial charge is 0.251 e. The average Bonchev–Trinajstić information content (AvgIpc) is 2.59. The lowest BCUT2D eigenvalue weighted by Gasteiger charge is -2.09. The first-order valence-corrected chi connectivity index (χ1v) is 7.69. The second-order valence-corrected chi connectivity index (χ2v) is 5.07. The van der Waals surface area contributed by atoms with Crippen LogP contribution in [0, 0.1) is 0 Å². The Morgan fingerprint density at radius 2 is 2.08 bits per heavy atom. The van der Waals surface area contributed by atoms with Gasteiger partial charge in [0.15, 0.2) is 5.82 Å². The van der Waals surface area contributed by atoms with Crippen LogP contribution >= 0.6 is 0 Å². The van der Waals surface area contributed by atoms with Crippen LogP contribution in [-0.2, 0) is 0 Å². The number of hydrogen-bond donors (Lipinski definition) is 2. The highest BCUT2D eigenvalue weighted by Gasteiger charge is 2.06. The molecule has 7 nitrogen and oxygen atoms in total. The zero-order valence-corrected chi connectivity index (χ0v) is 14.2. The van der Waals surface area contributed by atoms with Gasteiger partial charge in [0, 0.05) is 18.9 Å². The molecule has 0 spiro atoms. The van der Waals surface area contributed by atoms with Crippen molar-refractivity contribution in [2.45, 2.75) is 19.8 Å². The molecule has 0 saturated heterocycles. The number of ether oxygens (including phenoxy) is 1. The van der Waals surface area contributed by atoms with E-state index in [1.54, 1.807) is 26.6 Å². The highest BCUT2D eigenvalue weighted by atomic mass is 16.5. The van der Waals surface area contributed by atoms with Gasteiger partial charge in [0.2, 0.25) is 0 Å². The van der Waals surface area contributed by atoms with Crippen molar-refractivity contribution in [1.82, 2.24) is 9.97 Å². The molecule has 0 saturated carbocycles. The molecule has 1 aromatic heterocycles. The summed E-state index contributed by atoms with van der Waals surface area (Å²) in [4.78, 5) is 17.0. The van der Waals surface area contributed by atoms with E-state index in [1.807, 2.05) is 24.3 Å². The van der Waals surface area contributed by atoms with Gasteiger partial charge in [0.25, 0.3) is 5.95 Å². The fourth-order valence-corrected chi connectivity index (χ4v) is 2.03. The van der Waals surface area contributed by atoms with E-state index in [-0.39, 0.29) is 0 Å². The van der Waals surface area contributed by atoms with E-state index in [0.717, 1.165) is 30.0 Å². The molecule has 126 valence electrons. The van der Waals surface area contributed by atoms with E-state index in [9.17, 15) is 0 Å². The number of methoxy groups -OCH3 is 1. The summed E-state index contributed by atoms with van der Waals surface area (Å²) in [5.74, 6) is 1.64. The molecule has 1 heterocycles. The Bertz CT molecular complexity index is 724. The Morgan fingerprint density at radius 1 is 1.33 bits per heavy atom. The van der Waals surface area contributed by atoms with Gasteiger partial charge in [-0.05, 0) is 30.7 Å². The van der Waals surface area contributed by atoms with E-state index in [1.165, 1.54) is 0 Å². The van der Waals surface area contributed by atoms with Crippen molar-refractivity contribution in [1.29, 1.82) is 0 Å². The van der Waals surface area contributed by atoms with E-state index in [2.05, 4.69) is 32.2 Å². The molecule has 24 heavy (non-hydrogen) atoms. The lowest BCUT2D eigenvalue weighted by Crippen LogP contribution is -2.03. The molecule has 0 atom stereocenters. The summed E-state index contributed by atoms with van der Waals surface area (Å²) in [6.45, 7) is 2.08. The van der Waals surface area contributed by atoms with Crippen molar-refractivity contribution < 1.29 is 4.74 Å². The highest BCUT2D eigenvalue weighted by Crippen LogP contribution is 2.24. The van der Waals surface area contributed by atoms with E-state index in [4.69, 9.17) is 10.5 Å². The third-order valence-corrected chi connectivity index (χ3v) is 3.18. The fourth-order valence-electron chi connectivity index (χ4n) is 2.03. The van der Waals surface area contributed by atoms with Crippen LogP contribution in [0.25, 0.3) is 0 Å². The van der Waals surface area contributed by atoms with E-state index >= 15 is 0 Å². The van der Waals surface area contributed by atoms with Gasteiger partial charge < -0.3 is 15.8 Å². The van der Waals surface area contributed by atoms with Crippen molar-refractivity contribution >= 4 is 35.1 Å². The molecule has 7 heteroatoms. The summed E-state index contributed by atoms with van der Waals surface area (Å²) >= 11 is 0. The maximum atomic E-state index is 5.95. The standard InChI is InChI=1S/C17H22N6O/c1-4-5-13(10-19-2)22-17-20-11-15(18)16(23-17)21-12-6-8-14(24-3)9-7-12/h6-11H,4-5,18H2,1-3H3,(H,20,21,23). The van der Waals surface area contributed by atoms with Gasteiger partial charge in [-0.15, -0.1) is 0 Å². The van der Waals surface area contributed by atoms with Crippen LogP contribution in [0.3, 0.4) is 0 Å². The molecule has 0 aliphatic rings. The fraction of sp³-hybridized carbons (Fsp3) is 0.294. The number of nitrogens with two attached hydrogens (primary N) is 1. The molecule has 0 bridgehead atoms. The van der Waals surface area contributed by atoms with Gasteiger partial charge in [-0.25, -0.2) is 9.98 Å². The van der Waals surface area contributed by atoms with Crippen LogP contribution in [0.1, 0.15) is 19.8 Å². The second-order valence-electron chi connectivity index (χ2n) is 5.07. The van der Waals surface area contributed by atoms with Gasteiger partial charge >= 0.3 is 0 Å². The first-order valence-electron chi connectivity index (χ1n) is 7.69. The molecular weight excluding hydrogens is 304 g/mol. The normalized spacial score (nSPS) is 11.7. The van der Waals surface area contributed by atoms with E-state index in [0.29, 0.717) is 17.5 Å². The van der Waals surface area contributed by atoms with Crippen molar-refractivity contribution in [3.05, 3.63) is 30.5 Å². The molecule has 3 N–H and O–H groups in total. The molecule has 0 unspecified atom stereocenters. The Hall–Kier alpha value is -2.96. The van der Waals surface area contributed by atoms with Crippen molar-refractivity contribution in [2.24, 2.45) is 9.98 Å². The first-order chi connectivity index (χ1) is 11.7. The monoisotopic (exact) mass is 326 g/mol. The third kappa shape index (κ3) is 4.77. The summed E-state index contributed by atoms with van der Waals surface area (Å²) in [7, 11) is 3.34. The first kappa shape index (κ1) is 17.4. The summed E-state index contributed by atoms with van der Waals surface area (Å²) in [6.07, 6.45) is 5.05. The van der Waals surface area contributed by atoms with Crippen molar-refractivity contribution in [3.8, 4) is 5.75 Å². The Morgan fingerprint density at radius 3 is 2.71 bits per heavy atom. The number of nitrogens with one attached hydrogen (secondary N) is 1. The minimum atomic E-state index is 0.351. The molecule has 0 fully saturated rings. The number of anilines is 3. The number of hydrogen-bond acceptors (Lipinski definition) is 7. The lowest BCUT2D eigenvalue weighted by atomic mass is 10.2. The number of nitrogens with zero attached hydrogens (tertiary/aromatic N) is 4. The van der Waals surface area contributed by atoms with Crippen LogP contribution in [0.2, 0.25) is 0 Å². The molecule has 0 amide bonds. The second kappa shape index (κ2) is 8.61. The quantitative estimate of drug-likeness (QED) is 0.760. The number of rotatable bonds is 7. The molecule has 0 aliphatic heterocycles. The number of aliphatic imine (C=N–C) groups is 2. The maximum Gasteiger partial charge on any atom is 0.251 e. The van der Waals surface area contributed by atoms with Crippen LogP contribution < -0.4 is 15.8 Å². The summed E-state index contributed by atoms with van der Waals surface area (Å²) in [6, 6.07) is 7.48. The van der Waals surface area contributed by atoms with Crippen molar-refractivity contribution in [3.63, 3.8) is 0 Å². The molecule has 1 aromatic carbocycles. The summed E-state index contributed by atoms with van der Waals surface area (Å²) in [5, 5.41) is 3.17. The lowest BCUT2D eigenvalue weighted by molar-refractivity contribution is 0.415. The van der Waals surface area contributed by atoms with Gasteiger partial charge in [0.05, 0.1) is 24.7 Å². The van der Waals surface area contributed by atoms with Crippen LogP contribution in [-0.4, -0.2) is 36.1 Å². The number of aromatic nitrogens is 2. The molecular formula is C17H22N6O. The SMILES string of the molecule is CCCC(C=NC)=Nc1ncc(N)c(Nc2ccc(OC)cc2)n1. The zero-order valence-electron chi connectivity index (χ0n) is 14.2. The number of nitrogen functional groups attached to an aromatic ring is 1. The number of benzene rings is 1. The highest BCUT2D eigenvalue weighted by molar-refractivity contribution is 6.31. The Balaban J connectivity index is 2.25. The largest absolute Gasteiger partial charge is 0.497 e. The van der Waals surface area contributed by atoms with Gasteiger partial charge in [-0.3, -0.25) is 4.99 Å².